The van der Waals surface area contributed by atoms with Crippen LogP contribution in [0.25, 0.3) is 0 Å². The van der Waals surface area contributed by atoms with Gasteiger partial charge in [-0.2, -0.15) is 0 Å². The Hall–Kier alpha value is -0.520. The molecule has 0 N–H and O–H groups in total. The summed E-state index contributed by atoms with van der Waals surface area (Å²) in [5, 5.41) is 0. The summed E-state index contributed by atoms with van der Waals surface area (Å²) in [6, 6.07) is 0. The quantitative estimate of drug-likeness (QED) is 0.523. The third-order valence-corrected chi connectivity index (χ3v) is 1.30. The fourth-order valence-corrected chi connectivity index (χ4v) is 0.972. The molecule has 0 aliphatic heterocycles. The molecule has 0 heteroatoms. The van der Waals surface area contributed by atoms with E-state index in [-0.39, 0.29) is 0 Å². The van der Waals surface area contributed by atoms with Crippen molar-refractivity contribution in [3.05, 3.63) is 23.8 Å². The standard InChI is InChI=1S/C10H18/c1-5-6-7-10(4)8-9(2)3/h5-7,9H,8H2,1-4H3. The first-order valence-corrected chi connectivity index (χ1v) is 3.95. The fraction of sp³-hybridized carbons (Fsp3) is 0.600. The minimum Gasteiger partial charge on any atom is -0.0877 e. The second-order valence-electron chi connectivity index (χ2n) is 3.14. The number of rotatable bonds is 3. The number of hydrogen-bond acceptors (Lipinski definition) is 0. The van der Waals surface area contributed by atoms with Crippen LogP contribution in [0.1, 0.15) is 34.1 Å². The van der Waals surface area contributed by atoms with Crippen molar-refractivity contribution in [1.82, 2.24) is 0 Å². The van der Waals surface area contributed by atoms with E-state index in [0.29, 0.717) is 0 Å². The first-order valence-electron chi connectivity index (χ1n) is 3.95. The molecule has 0 rings (SSSR count). The Balaban J connectivity index is 3.71. The largest absolute Gasteiger partial charge is 0.0877 e. The van der Waals surface area contributed by atoms with Crippen molar-refractivity contribution in [1.29, 1.82) is 0 Å². The van der Waals surface area contributed by atoms with Gasteiger partial charge in [0.05, 0.1) is 0 Å². The molecule has 0 bridgehead atoms. The fourth-order valence-electron chi connectivity index (χ4n) is 0.972. The second-order valence-corrected chi connectivity index (χ2v) is 3.14. The lowest BCUT2D eigenvalue weighted by molar-refractivity contribution is 0.642. The average molecular weight is 138 g/mol. The molecule has 0 aliphatic rings. The van der Waals surface area contributed by atoms with Crippen molar-refractivity contribution in [3.63, 3.8) is 0 Å². The van der Waals surface area contributed by atoms with Crippen LogP contribution in [0, 0.1) is 5.92 Å². The van der Waals surface area contributed by atoms with E-state index in [4.69, 9.17) is 0 Å². The average Bonchev–Trinajstić information content (AvgIpc) is 1.82. The van der Waals surface area contributed by atoms with Crippen LogP contribution >= 0.6 is 0 Å². The highest BCUT2D eigenvalue weighted by Gasteiger charge is 1.92. The topological polar surface area (TPSA) is 0 Å². The van der Waals surface area contributed by atoms with Crippen LogP contribution in [0.2, 0.25) is 0 Å². The van der Waals surface area contributed by atoms with Crippen LogP contribution in [0.5, 0.6) is 0 Å². The SMILES string of the molecule is CC=CC=C(C)CC(C)C. The van der Waals surface area contributed by atoms with Crippen molar-refractivity contribution in [2.75, 3.05) is 0 Å². The zero-order valence-corrected chi connectivity index (χ0v) is 7.52. The van der Waals surface area contributed by atoms with Gasteiger partial charge in [-0.05, 0) is 26.2 Å². The first-order chi connectivity index (χ1) is 4.66. The minimum absolute atomic E-state index is 0.779. The van der Waals surface area contributed by atoms with Gasteiger partial charge in [0.25, 0.3) is 0 Å². The molecule has 0 aromatic rings. The molecule has 0 aromatic carbocycles. The van der Waals surface area contributed by atoms with Crippen molar-refractivity contribution >= 4 is 0 Å². The summed E-state index contributed by atoms with van der Waals surface area (Å²) in [4.78, 5) is 0. The summed E-state index contributed by atoms with van der Waals surface area (Å²) in [6.07, 6.45) is 7.55. The van der Waals surface area contributed by atoms with Crippen LogP contribution in [0.4, 0.5) is 0 Å². The zero-order valence-electron chi connectivity index (χ0n) is 7.52. The highest BCUT2D eigenvalue weighted by Crippen LogP contribution is 2.08. The van der Waals surface area contributed by atoms with Gasteiger partial charge < -0.3 is 0 Å². The monoisotopic (exact) mass is 138 g/mol. The van der Waals surface area contributed by atoms with Gasteiger partial charge in [0.2, 0.25) is 0 Å². The Kier molecular flexibility index (Phi) is 5.00. The molecule has 0 atom stereocenters. The molecule has 0 saturated heterocycles. The van der Waals surface area contributed by atoms with Gasteiger partial charge in [0.15, 0.2) is 0 Å². The zero-order chi connectivity index (χ0) is 7.98. The van der Waals surface area contributed by atoms with E-state index in [1.165, 1.54) is 12.0 Å². The molecule has 0 radical (unpaired) electrons. The Morgan fingerprint density at radius 1 is 1.40 bits per heavy atom. The van der Waals surface area contributed by atoms with E-state index in [0.717, 1.165) is 5.92 Å². The lowest BCUT2D eigenvalue weighted by atomic mass is 10.0. The second kappa shape index (κ2) is 5.28. The van der Waals surface area contributed by atoms with Gasteiger partial charge in [-0.3, -0.25) is 0 Å². The lowest BCUT2D eigenvalue weighted by Crippen LogP contribution is -1.86. The van der Waals surface area contributed by atoms with Crippen molar-refractivity contribution in [2.24, 2.45) is 5.92 Å². The number of hydrogen-bond donors (Lipinski definition) is 0. The molecule has 0 spiro atoms. The maximum absolute atomic E-state index is 2.24. The third-order valence-electron chi connectivity index (χ3n) is 1.30. The van der Waals surface area contributed by atoms with Crippen LogP contribution in [0.15, 0.2) is 23.8 Å². The maximum atomic E-state index is 2.24. The Morgan fingerprint density at radius 2 is 2.00 bits per heavy atom. The Bertz CT molecular complexity index is 127. The Morgan fingerprint density at radius 3 is 2.40 bits per heavy atom. The smallest absolute Gasteiger partial charge is 0.0297 e. The molecule has 0 aromatic heterocycles. The summed E-state index contributed by atoms with van der Waals surface area (Å²) >= 11 is 0. The molecule has 0 heterocycles. The van der Waals surface area contributed by atoms with Gasteiger partial charge >= 0.3 is 0 Å². The van der Waals surface area contributed by atoms with Gasteiger partial charge in [-0.15, -0.1) is 0 Å². The normalized spacial score (nSPS) is 13.5. The molecule has 0 unspecified atom stereocenters. The van der Waals surface area contributed by atoms with Crippen LogP contribution in [-0.4, -0.2) is 0 Å². The molecule has 0 saturated carbocycles. The third kappa shape index (κ3) is 5.61. The van der Waals surface area contributed by atoms with Gasteiger partial charge in [-0.1, -0.05) is 37.6 Å². The highest BCUT2D eigenvalue weighted by molar-refractivity contribution is 5.09. The van der Waals surface area contributed by atoms with Crippen molar-refractivity contribution in [2.45, 2.75) is 34.1 Å². The first kappa shape index (κ1) is 9.48. The molecule has 0 fully saturated rings. The summed E-state index contributed by atoms with van der Waals surface area (Å²) in [5.74, 6) is 0.779. The summed E-state index contributed by atoms with van der Waals surface area (Å²) in [7, 11) is 0. The highest BCUT2D eigenvalue weighted by atomic mass is 14.0. The van der Waals surface area contributed by atoms with Gasteiger partial charge in [-0.25, -0.2) is 0 Å². The molecule has 58 valence electrons. The van der Waals surface area contributed by atoms with Gasteiger partial charge in [0, 0.05) is 0 Å². The van der Waals surface area contributed by atoms with Crippen LogP contribution < -0.4 is 0 Å². The van der Waals surface area contributed by atoms with Crippen molar-refractivity contribution in [3.8, 4) is 0 Å². The van der Waals surface area contributed by atoms with Crippen molar-refractivity contribution < 1.29 is 0 Å². The van der Waals surface area contributed by atoms with E-state index in [1.807, 2.05) is 6.92 Å². The number of allylic oxidation sites excluding steroid dienone is 4. The lowest BCUT2D eigenvalue weighted by Gasteiger charge is -2.02. The predicted octanol–water partition coefficient (Wildman–Crippen LogP) is 3.55. The Labute approximate surface area is 64.6 Å². The molecule has 0 amide bonds. The molecule has 0 nitrogen and oxygen atoms in total. The van der Waals surface area contributed by atoms with Crippen LogP contribution in [-0.2, 0) is 0 Å². The molecular weight excluding hydrogens is 120 g/mol. The molecule has 0 aliphatic carbocycles. The maximum Gasteiger partial charge on any atom is -0.0297 e. The molecular formula is C10H18. The molecule has 10 heavy (non-hydrogen) atoms. The van der Waals surface area contributed by atoms with Gasteiger partial charge in [0.1, 0.15) is 0 Å². The summed E-state index contributed by atoms with van der Waals surface area (Å²) in [6.45, 7) is 8.71. The minimum atomic E-state index is 0.779. The van der Waals surface area contributed by atoms with E-state index < -0.39 is 0 Å². The van der Waals surface area contributed by atoms with E-state index >= 15 is 0 Å². The summed E-state index contributed by atoms with van der Waals surface area (Å²) in [5.41, 5.74) is 1.47. The predicted molar refractivity (Wildman–Crippen MR) is 48.0 cm³/mol. The van der Waals surface area contributed by atoms with E-state index in [9.17, 15) is 0 Å². The summed E-state index contributed by atoms with van der Waals surface area (Å²) < 4.78 is 0. The van der Waals surface area contributed by atoms with E-state index in [1.54, 1.807) is 0 Å². The van der Waals surface area contributed by atoms with E-state index in [2.05, 4.69) is 39.0 Å². The van der Waals surface area contributed by atoms with Crippen LogP contribution in [0.3, 0.4) is 0 Å².